The maximum absolute atomic E-state index is 14.2. The zero-order chi connectivity index (χ0) is 14.0. The van der Waals surface area contributed by atoms with Gasteiger partial charge in [-0.1, -0.05) is 0 Å². The van der Waals surface area contributed by atoms with Crippen molar-refractivity contribution in [3.05, 3.63) is 22.7 Å². The van der Waals surface area contributed by atoms with Gasteiger partial charge in [0.2, 0.25) is 0 Å². The Morgan fingerprint density at radius 3 is 2.89 bits per heavy atom. The van der Waals surface area contributed by atoms with Gasteiger partial charge < -0.3 is 20.7 Å². The van der Waals surface area contributed by atoms with Gasteiger partial charge in [0.1, 0.15) is 17.5 Å². The number of hydrogen-bond donors (Lipinski definition) is 3. The smallest absolute Gasteiger partial charge is 0.351 e. The molecule has 5 atom stereocenters. The normalized spacial score (nSPS) is 44.1. The summed E-state index contributed by atoms with van der Waals surface area (Å²) in [7, 11) is 0. The quantitative estimate of drug-likeness (QED) is 0.589. The first-order chi connectivity index (χ1) is 8.88. The van der Waals surface area contributed by atoms with Gasteiger partial charge in [-0.25, -0.2) is 9.18 Å². The number of alkyl halides is 2. The van der Waals surface area contributed by atoms with Crippen LogP contribution >= 0.6 is 11.6 Å². The molecule has 2 fully saturated rings. The number of fused-ring (bicyclic) bond motifs is 1. The van der Waals surface area contributed by atoms with E-state index in [9.17, 15) is 19.4 Å². The number of rotatable bonds is 2. The minimum Gasteiger partial charge on any atom is -0.387 e. The van der Waals surface area contributed by atoms with E-state index in [1.165, 1.54) is 12.3 Å². The maximum Gasteiger partial charge on any atom is 0.351 e. The summed E-state index contributed by atoms with van der Waals surface area (Å²) in [5, 5.41) is 19.6. The summed E-state index contributed by atoms with van der Waals surface area (Å²) in [5.74, 6) is -0.302. The molecule has 1 saturated heterocycles. The molecule has 3 rings (SSSR count). The molecule has 1 aliphatic carbocycles. The summed E-state index contributed by atoms with van der Waals surface area (Å²) < 4.78 is 20.4. The molecular weight excluding hydrogens is 281 g/mol. The standard InChI is InChI=1S/C10H11ClFN3O4/c11-3-9-7(16)10(9,18)5(12)6(19-9)15-2-1-4(13)14-8(15)17/h1-2,5-7,16,18H,3H2,(H2,13,14,17)/t5-,6+,7-,9+,10+/m0/s1. The Labute approximate surface area is 111 Å². The Morgan fingerprint density at radius 2 is 2.37 bits per heavy atom. The summed E-state index contributed by atoms with van der Waals surface area (Å²) in [5.41, 5.74) is 0.838. The molecule has 1 saturated carbocycles. The molecule has 1 aromatic heterocycles. The van der Waals surface area contributed by atoms with Crippen molar-refractivity contribution in [2.24, 2.45) is 0 Å². The van der Waals surface area contributed by atoms with Crippen LogP contribution in [0.25, 0.3) is 0 Å². The molecule has 9 heteroatoms. The number of anilines is 1. The van der Waals surface area contributed by atoms with Gasteiger partial charge in [0.05, 0.1) is 5.88 Å². The lowest BCUT2D eigenvalue weighted by molar-refractivity contribution is -0.0867. The molecule has 0 radical (unpaired) electrons. The second-order valence-electron chi connectivity index (χ2n) is 4.70. The van der Waals surface area contributed by atoms with Gasteiger partial charge >= 0.3 is 5.69 Å². The predicted octanol–water partition coefficient (Wildman–Crippen LogP) is -1.22. The van der Waals surface area contributed by atoms with Crippen LogP contribution in [0.2, 0.25) is 0 Å². The van der Waals surface area contributed by atoms with Crippen LogP contribution in [0.1, 0.15) is 6.23 Å². The molecule has 4 N–H and O–H groups in total. The van der Waals surface area contributed by atoms with Gasteiger partial charge in [0, 0.05) is 6.20 Å². The summed E-state index contributed by atoms with van der Waals surface area (Å²) >= 11 is 5.62. The van der Waals surface area contributed by atoms with Crippen molar-refractivity contribution in [3.8, 4) is 0 Å². The summed E-state index contributed by atoms with van der Waals surface area (Å²) in [4.78, 5) is 15.1. The van der Waals surface area contributed by atoms with Gasteiger partial charge in [-0.3, -0.25) is 4.57 Å². The van der Waals surface area contributed by atoms with E-state index in [-0.39, 0.29) is 11.7 Å². The molecule has 19 heavy (non-hydrogen) atoms. The number of hydrogen-bond acceptors (Lipinski definition) is 6. The van der Waals surface area contributed by atoms with Gasteiger partial charge in [-0.15, -0.1) is 11.6 Å². The van der Waals surface area contributed by atoms with E-state index in [4.69, 9.17) is 22.1 Å². The first-order valence-corrected chi connectivity index (χ1v) is 6.05. The Morgan fingerprint density at radius 1 is 1.68 bits per heavy atom. The highest BCUT2D eigenvalue weighted by Gasteiger charge is 2.87. The number of aliphatic hydroxyl groups is 2. The SMILES string of the molecule is Nc1ccn([C@@H]2O[C@]3(CCl)[C@H](O)[C@]3(O)[C@H]2F)c(=O)n1. The summed E-state index contributed by atoms with van der Waals surface area (Å²) in [6.45, 7) is 0. The number of nitrogens with two attached hydrogens (primary N) is 1. The van der Waals surface area contributed by atoms with E-state index in [0.29, 0.717) is 0 Å². The average molecular weight is 292 g/mol. The first kappa shape index (κ1) is 12.8. The molecule has 0 amide bonds. The van der Waals surface area contributed by atoms with Gasteiger partial charge in [0.25, 0.3) is 0 Å². The third-order valence-electron chi connectivity index (χ3n) is 3.78. The van der Waals surface area contributed by atoms with Crippen LogP contribution < -0.4 is 11.4 Å². The number of ether oxygens (including phenoxy) is 1. The van der Waals surface area contributed by atoms with E-state index in [1.807, 2.05) is 0 Å². The van der Waals surface area contributed by atoms with Crippen molar-refractivity contribution in [1.82, 2.24) is 9.55 Å². The molecule has 0 bridgehead atoms. The molecule has 104 valence electrons. The Hall–Kier alpha value is -1.22. The van der Waals surface area contributed by atoms with Crippen molar-refractivity contribution < 1.29 is 19.3 Å². The van der Waals surface area contributed by atoms with E-state index >= 15 is 0 Å². The molecule has 0 unspecified atom stereocenters. The lowest BCUT2D eigenvalue weighted by Crippen LogP contribution is -2.38. The Kier molecular flexibility index (Phi) is 2.47. The third-order valence-corrected chi connectivity index (χ3v) is 4.18. The summed E-state index contributed by atoms with van der Waals surface area (Å²) in [6.07, 6.45) is -3.59. The molecule has 2 heterocycles. The van der Waals surface area contributed by atoms with E-state index in [1.54, 1.807) is 0 Å². The zero-order valence-electron chi connectivity index (χ0n) is 9.53. The van der Waals surface area contributed by atoms with Gasteiger partial charge in [-0.2, -0.15) is 4.98 Å². The molecule has 0 spiro atoms. The highest BCUT2D eigenvalue weighted by atomic mass is 35.5. The maximum atomic E-state index is 14.2. The predicted molar refractivity (Wildman–Crippen MR) is 62.3 cm³/mol. The second kappa shape index (κ2) is 3.66. The van der Waals surface area contributed by atoms with Crippen LogP contribution in [0.3, 0.4) is 0 Å². The van der Waals surface area contributed by atoms with Gasteiger partial charge in [-0.05, 0) is 6.07 Å². The van der Waals surface area contributed by atoms with Crippen molar-refractivity contribution in [2.45, 2.75) is 29.7 Å². The number of halogens is 2. The molecule has 0 aromatic carbocycles. The van der Waals surface area contributed by atoms with Crippen LogP contribution in [0.15, 0.2) is 17.1 Å². The minimum absolute atomic E-state index is 0.00869. The van der Waals surface area contributed by atoms with Crippen molar-refractivity contribution in [3.63, 3.8) is 0 Å². The lowest BCUT2D eigenvalue weighted by Gasteiger charge is -2.21. The third kappa shape index (κ3) is 1.32. The molecule has 7 nitrogen and oxygen atoms in total. The van der Waals surface area contributed by atoms with E-state index in [2.05, 4.69) is 4.98 Å². The monoisotopic (exact) mass is 291 g/mol. The first-order valence-electron chi connectivity index (χ1n) is 5.51. The van der Waals surface area contributed by atoms with Crippen molar-refractivity contribution in [2.75, 3.05) is 11.6 Å². The Bertz CT molecular complexity index is 594. The number of aliphatic hydroxyl groups excluding tert-OH is 1. The lowest BCUT2D eigenvalue weighted by atomic mass is 10.1. The Balaban J connectivity index is 2.00. The fraction of sp³-hybridized carbons (Fsp3) is 0.600. The van der Waals surface area contributed by atoms with E-state index in [0.717, 1.165) is 4.57 Å². The molecule has 1 aliphatic heterocycles. The second-order valence-corrected chi connectivity index (χ2v) is 4.97. The van der Waals surface area contributed by atoms with Crippen LogP contribution in [-0.2, 0) is 4.74 Å². The van der Waals surface area contributed by atoms with Crippen LogP contribution in [0.4, 0.5) is 10.2 Å². The van der Waals surface area contributed by atoms with E-state index < -0.39 is 35.4 Å². The number of nitrogen functional groups attached to an aromatic ring is 1. The van der Waals surface area contributed by atoms with Crippen LogP contribution in [-0.4, -0.2) is 49.1 Å². The fourth-order valence-electron chi connectivity index (χ4n) is 2.56. The fourth-order valence-corrected chi connectivity index (χ4v) is 2.98. The number of nitrogens with zero attached hydrogens (tertiary/aromatic N) is 2. The minimum atomic E-state index is -2.10. The largest absolute Gasteiger partial charge is 0.387 e. The highest BCUT2D eigenvalue weighted by Crippen LogP contribution is 2.63. The zero-order valence-corrected chi connectivity index (χ0v) is 10.3. The molecular formula is C10H11ClFN3O4. The van der Waals surface area contributed by atoms with Crippen molar-refractivity contribution >= 4 is 17.4 Å². The summed E-state index contributed by atoms with van der Waals surface area (Å²) in [6, 6.07) is 1.30. The van der Waals surface area contributed by atoms with Gasteiger partial charge in [0.15, 0.2) is 18.0 Å². The molecule has 2 aliphatic rings. The number of aromatic nitrogens is 2. The highest BCUT2D eigenvalue weighted by molar-refractivity contribution is 6.19. The molecule has 1 aromatic rings. The topological polar surface area (TPSA) is 111 Å². The van der Waals surface area contributed by atoms with Crippen LogP contribution in [0.5, 0.6) is 0 Å². The van der Waals surface area contributed by atoms with Crippen LogP contribution in [0, 0.1) is 0 Å². The average Bonchev–Trinajstić information content (AvgIpc) is 2.73. The van der Waals surface area contributed by atoms with Crippen molar-refractivity contribution in [1.29, 1.82) is 0 Å².